The third-order valence-corrected chi connectivity index (χ3v) is 6.61. The lowest BCUT2D eigenvalue weighted by atomic mass is 10.1. The van der Waals surface area contributed by atoms with Crippen LogP contribution in [0.1, 0.15) is 28.4 Å². The lowest BCUT2D eigenvalue weighted by Crippen LogP contribution is -2.44. The minimum atomic E-state index is -4.77. The van der Waals surface area contributed by atoms with Crippen molar-refractivity contribution in [1.29, 1.82) is 0 Å². The number of hydrogen-bond donors (Lipinski definition) is 1. The number of amides is 2. The Kier molecular flexibility index (Phi) is 8.40. The molecule has 0 spiro atoms. The number of nitro groups is 1. The average molecular weight is 590 g/mol. The summed E-state index contributed by atoms with van der Waals surface area (Å²) < 4.78 is 50.4. The van der Waals surface area contributed by atoms with Crippen LogP contribution in [0.25, 0.3) is 6.08 Å². The number of nitrogens with one attached hydrogen (secondary N) is 1. The molecule has 0 saturated carbocycles. The van der Waals surface area contributed by atoms with Gasteiger partial charge in [0.25, 0.3) is 11.8 Å². The van der Waals surface area contributed by atoms with E-state index in [-0.39, 0.29) is 27.3 Å². The smallest absolute Gasteiger partial charge is 0.416 e. The Morgan fingerprint density at radius 1 is 1.10 bits per heavy atom. The summed E-state index contributed by atoms with van der Waals surface area (Å²) in [6.45, 7) is 1.85. The number of thioether (sulfide) groups is 1. The molecule has 0 unspecified atom stereocenters. The van der Waals surface area contributed by atoms with Crippen molar-refractivity contribution in [2.75, 3.05) is 6.61 Å². The average Bonchev–Trinajstić information content (AvgIpc) is 3.17. The molecule has 1 aliphatic heterocycles. The first-order valence-electron chi connectivity index (χ1n) is 11.4. The molecule has 3 aromatic rings. The molecule has 1 saturated heterocycles. The van der Waals surface area contributed by atoms with Crippen LogP contribution in [0.15, 0.2) is 71.6 Å². The van der Waals surface area contributed by atoms with E-state index in [4.69, 9.17) is 21.7 Å². The third kappa shape index (κ3) is 6.40. The third-order valence-electron chi connectivity index (χ3n) is 5.31. The summed E-state index contributed by atoms with van der Waals surface area (Å²) in [7, 11) is 0. The van der Waals surface area contributed by atoms with Crippen molar-refractivity contribution in [3.8, 4) is 17.2 Å². The standard InChI is InChI=1S/C26H18F3N3O6S2/c1-2-37-21-12-15(8-10-20(21)38-19-11-9-17(26(27,28)29)14-18(19)32(35)36)13-22-24(34)31(25(39)40-22)30-23(33)16-6-4-3-5-7-16/h3-14H,2H2,1H3,(H,30,33)/b22-13+. The second-order valence-electron chi connectivity index (χ2n) is 8.00. The fourth-order valence-electron chi connectivity index (χ4n) is 3.48. The molecule has 4 rings (SSSR count). The lowest BCUT2D eigenvalue weighted by Gasteiger charge is -2.15. The first-order valence-corrected chi connectivity index (χ1v) is 12.6. The van der Waals surface area contributed by atoms with E-state index in [9.17, 15) is 32.9 Å². The molecule has 0 bridgehead atoms. The van der Waals surface area contributed by atoms with Gasteiger partial charge in [0.2, 0.25) is 5.75 Å². The molecule has 1 aliphatic rings. The maximum absolute atomic E-state index is 13.0. The van der Waals surface area contributed by atoms with Crippen LogP contribution in [0.3, 0.4) is 0 Å². The van der Waals surface area contributed by atoms with Crippen molar-refractivity contribution < 1.29 is 37.2 Å². The number of nitro benzene ring substituents is 1. The first kappa shape index (κ1) is 28.6. The van der Waals surface area contributed by atoms with Gasteiger partial charge in [0.15, 0.2) is 15.8 Å². The number of hydrazine groups is 1. The summed E-state index contributed by atoms with van der Waals surface area (Å²) in [5, 5.41) is 12.4. The number of alkyl halides is 3. The van der Waals surface area contributed by atoms with Gasteiger partial charge in [-0.05, 0) is 67.2 Å². The molecular weight excluding hydrogens is 571 g/mol. The van der Waals surface area contributed by atoms with Gasteiger partial charge in [-0.1, -0.05) is 36.0 Å². The number of carbonyl (C=O) groups is 2. The van der Waals surface area contributed by atoms with Gasteiger partial charge in [0.1, 0.15) is 0 Å². The number of hydrogen-bond acceptors (Lipinski definition) is 8. The van der Waals surface area contributed by atoms with Crippen molar-refractivity contribution in [2.45, 2.75) is 13.1 Å². The monoisotopic (exact) mass is 589 g/mol. The summed E-state index contributed by atoms with van der Waals surface area (Å²) in [4.78, 5) is 36.1. The van der Waals surface area contributed by atoms with Gasteiger partial charge in [-0.2, -0.15) is 18.2 Å². The fourth-order valence-corrected chi connectivity index (χ4v) is 4.66. The predicted octanol–water partition coefficient (Wildman–Crippen LogP) is 6.35. The van der Waals surface area contributed by atoms with Crippen LogP contribution in [0.5, 0.6) is 17.2 Å². The van der Waals surface area contributed by atoms with E-state index >= 15 is 0 Å². The molecule has 1 N–H and O–H groups in total. The highest BCUT2D eigenvalue weighted by Gasteiger charge is 2.35. The molecule has 0 radical (unpaired) electrons. The van der Waals surface area contributed by atoms with Gasteiger partial charge in [-0.3, -0.25) is 25.1 Å². The number of halogens is 3. The molecule has 3 aromatic carbocycles. The number of benzene rings is 3. The van der Waals surface area contributed by atoms with E-state index in [0.29, 0.717) is 23.3 Å². The maximum atomic E-state index is 13.0. The highest BCUT2D eigenvalue weighted by atomic mass is 32.2. The van der Waals surface area contributed by atoms with Crippen molar-refractivity contribution in [3.05, 3.63) is 98.4 Å². The summed E-state index contributed by atoms with van der Waals surface area (Å²) in [5.41, 5.74) is 1.22. The topological polar surface area (TPSA) is 111 Å². The van der Waals surface area contributed by atoms with Crippen LogP contribution < -0.4 is 14.9 Å². The minimum absolute atomic E-state index is 0.00420. The molecule has 0 atom stereocenters. The second-order valence-corrected chi connectivity index (χ2v) is 9.68. The minimum Gasteiger partial charge on any atom is -0.490 e. The van der Waals surface area contributed by atoms with Gasteiger partial charge in [0, 0.05) is 11.6 Å². The Morgan fingerprint density at radius 3 is 2.45 bits per heavy atom. The van der Waals surface area contributed by atoms with Crippen molar-refractivity contribution in [3.63, 3.8) is 0 Å². The molecule has 0 aromatic heterocycles. The molecule has 9 nitrogen and oxygen atoms in total. The predicted molar refractivity (Wildman–Crippen MR) is 145 cm³/mol. The molecule has 0 aliphatic carbocycles. The highest BCUT2D eigenvalue weighted by molar-refractivity contribution is 8.26. The summed E-state index contributed by atoms with van der Waals surface area (Å²) in [5.74, 6) is -1.36. The molecule has 1 fully saturated rings. The number of rotatable bonds is 8. The second kappa shape index (κ2) is 11.8. The molecule has 2 amide bonds. The zero-order valence-electron chi connectivity index (χ0n) is 20.4. The van der Waals surface area contributed by atoms with Crippen LogP contribution >= 0.6 is 24.0 Å². The molecule has 1 heterocycles. The summed E-state index contributed by atoms with van der Waals surface area (Å²) >= 11 is 6.21. The van der Waals surface area contributed by atoms with E-state index in [1.165, 1.54) is 24.3 Å². The summed E-state index contributed by atoms with van der Waals surface area (Å²) in [6, 6.07) is 14.6. The summed E-state index contributed by atoms with van der Waals surface area (Å²) in [6.07, 6.45) is -3.27. The Labute approximate surface area is 234 Å². The van der Waals surface area contributed by atoms with Crippen molar-refractivity contribution in [2.24, 2.45) is 0 Å². The van der Waals surface area contributed by atoms with E-state index in [0.717, 1.165) is 22.8 Å². The Bertz CT molecular complexity index is 1530. The van der Waals surface area contributed by atoms with E-state index in [1.807, 2.05) is 0 Å². The SMILES string of the molecule is CCOc1cc(/C=C2/SC(=S)N(NC(=O)c3ccccc3)C2=O)ccc1Oc1ccc(C(F)(F)F)cc1[N+](=O)[O-]. The quantitative estimate of drug-likeness (QED) is 0.140. The van der Waals surface area contributed by atoms with Crippen molar-refractivity contribution >= 4 is 51.9 Å². The van der Waals surface area contributed by atoms with E-state index in [2.05, 4.69) is 5.43 Å². The van der Waals surface area contributed by atoms with Gasteiger partial charge >= 0.3 is 11.9 Å². The highest BCUT2D eigenvalue weighted by Crippen LogP contribution is 2.41. The van der Waals surface area contributed by atoms with E-state index in [1.54, 1.807) is 37.3 Å². The molecular formula is C26H18F3N3O6S2. The number of thiocarbonyl (C=S) groups is 1. The van der Waals surface area contributed by atoms with Gasteiger partial charge in [0.05, 0.1) is 22.0 Å². The number of nitrogens with zero attached hydrogens (tertiary/aromatic N) is 2. The Hall–Kier alpha value is -4.43. The van der Waals surface area contributed by atoms with Gasteiger partial charge < -0.3 is 9.47 Å². The van der Waals surface area contributed by atoms with Crippen LogP contribution in [-0.4, -0.2) is 32.7 Å². The number of carbonyl (C=O) groups excluding carboxylic acids is 2. The van der Waals surface area contributed by atoms with Crippen molar-refractivity contribution in [1.82, 2.24) is 10.4 Å². The largest absolute Gasteiger partial charge is 0.490 e. The van der Waals surface area contributed by atoms with Crippen LogP contribution in [0, 0.1) is 10.1 Å². The first-order chi connectivity index (χ1) is 19.0. The Balaban J connectivity index is 1.58. The lowest BCUT2D eigenvalue weighted by molar-refractivity contribution is -0.385. The zero-order chi connectivity index (χ0) is 29.0. The van der Waals surface area contributed by atoms with Crippen LogP contribution in [-0.2, 0) is 11.0 Å². The van der Waals surface area contributed by atoms with Gasteiger partial charge in [-0.25, -0.2) is 0 Å². The zero-order valence-corrected chi connectivity index (χ0v) is 22.1. The molecule has 40 heavy (non-hydrogen) atoms. The van der Waals surface area contributed by atoms with E-state index < -0.39 is 39.9 Å². The fraction of sp³-hybridized carbons (Fsp3) is 0.115. The maximum Gasteiger partial charge on any atom is 0.416 e. The molecule has 14 heteroatoms. The Morgan fingerprint density at radius 2 is 1.80 bits per heavy atom. The van der Waals surface area contributed by atoms with Gasteiger partial charge in [-0.15, -0.1) is 0 Å². The van der Waals surface area contributed by atoms with Crippen LogP contribution in [0.2, 0.25) is 0 Å². The normalized spacial score (nSPS) is 14.4. The number of ether oxygens (including phenoxy) is 2. The molecule has 206 valence electrons. The van der Waals surface area contributed by atoms with Crippen LogP contribution in [0.4, 0.5) is 18.9 Å².